The predicted molar refractivity (Wildman–Crippen MR) is 91.9 cm³/mol. The van der Waals surface area contributed by atoms with Crippen LogP contribution in [0, 0.1) is 18.3 Å². The Morgan fingerprint density at radius 1 is 1.38 bits per heavy atom. The van der Waals surface area contributed by atoms with Crippen LogP contribution in [0.25, 0.3) is 0 Å². The van der Waals surface area contributed by atoms with Crippen LogP contribution in [-0.4, -0.2) is 41.3 Å². The van der Waals surface area contributed by atoms with E-state index in [2.05, 4.69) is 41.4 Å². The van der Waals surface area contributed by atoms with E-state index in [-0.39, 0.29) is 11.5 Å². The molecule has 0 bridgehead atoms. The zero-order chi connectivity index (χ0) is 17.2. The minimum Gasteiger partial charge on any atom is -0.465 e. The fourth-order valence-corrected chi connectivity index (χ4v) is 4.28. The van der Waals surface area contributed by atoms with Crippen LogP contribution in [0.4, 0.5) is 4.79 Å². The van der Waals surface area contributed by atoms with Gasteiger partial charge in [0.15, 0.2) is 0 Å². The standard InChI is InChI=1S/C19H25N3O2/c1-14-3-2-4-15(11-14)19(13-20)8-5-17(6-9-19)22-10-7-16(12-22)21-18(23)24/h2-4,11,16-17,21H,5-10,12H2,1H3,(H,23,24)/t16-,17?,19?/m0/s1. The monoisotopic (exact) mass is 327 g/mol. The highest BCUT2D eigenvalue weighted by molar-refractivity contribution is 5.64. The molecule has 2 N–H and O–H groups in total. The fourth-order valence-electron chi connectivity index (χ4n) is 4.28. The molecule has 3 rings (SSSR count). The maximum absolute atomic E-state index is 10.8. The topological polar surface area (TPSA) is 76.4 Å². The first kappa shape index (κ1) is 16.8. The number of likely N-dealkylation sites (tertiary alicyclic amines) is 1. The molecule has 1 heterocycles. The van der Waals surface area contributed by atoms with Gasteiger partial charge >= 0.3 is 6.09 Å². The van der Waals surface area contributed by atoms with Gasteiger partial charge in [0.05, 0.1) is 11.5 Å². The first-order valence-corrected chi connectivity index (χ1v) is 8.74. The number of hydrogen-bond acceptors (Lipinski definition) is 3. The number of carbonyl (C=O) groups is 1. The summed E-state index contributed by atoms with van der Waals surface area (Å²) in [4.78, 5) is 13.2. The number of benzene rings is 1. The van der Waals surface area contributed by atoms with Crippen LogP contribution in [0.3, 0.4) is 0 Å². The van der Waals surface area contributed by atoms with Crippen molar-refractivity contribution >= 4 is 6.09 Å². The van der Waals surface area contributed by atoms with Crippen molar-refractivity contribution in [3.05, 3.63) is 35.4 Å². The smallest absolute Gasteiger partial charge is 0.404 e. The first-order valence-electron chi connectivity index (χ1n) is 8.74. The van der Waals surface area contributed by atoms with Crippen LogP contribution in [0.15, 0.2) is 24.3 Å². The summed E-state index contributed by atoms with van der Waals surface area (Å²) in [5.41, 5.74) is 1.99. The van der Waals surface area contributed by atoms with Crippen molar-refractivity contribution in [2.45, 2.75) is 56.5 Å². The van der Waals surface area contributed by atoms with Crippen LogP contribution in [0.1, 0.15) is 43.2 Å². The van der Waals surface area contributed by atoms with Crippen LogP contribution in [0.2, 0.25) is 0 Å². The Labute approximate surface area is 143 Å². The molecule has 1 aliphatic carbocycles. The Morgan fingerprint density at radius 3 is 2.75 bits per heavy atom. The zero-order valence-electron chi connectivity index (χ0n) is 14.2. The van der Waals surface area contributed by atoms with Gasteiger partial charge in [-0.2, -0.15) is 5.26 Å². The molecule has 1 saturated heterocycles. The van der Waals surface area contributed by atoms with Crippen molar-refractivity contribution in [2.75, 3.05) is 13.1 Å². The van der Waals surface area contributed by atoms with Crippen molar-refractivity contribution in [1.82, 2.24) is 10.2 Å². The van der Waals surface area contributed by atoms with Gasteiger partial charge in [-0.25, -0.2) is 4.79 Å². The third-order valence-electron chi connectivity index (χ3n) is 5.66. The van der Waals surface area contributed by atoms with E-state index in [1.807, 2.05) is 6.07 Å². The molecule has 128 valence electrons. The van der Waals surface area contributed by atoms with Gasteiger partial charge in [-0.15, -0.1) is 0 Å². The van der Waals surface area contributed by atoms with Crippen LogP contribution >= 0.6 is 0 Å². The molecule has 1 aromatic rings. The van der Waals surface area contributed by atoms with E-state index in [1.165, 1.54) is 5.56 Å². The van der Waals surface area contributed by atoms with Crippen LogP contribution < -0.4 is 5.32 Å². The van der Waals surface area contributed by atoms with Crippen molar-refractivity contribution < 1.29 is 9.90 Å². The minimum atomic E-state index is -0.937. The molecule has 2 fully saturated rings. The lowest BCUT2D eigenvalue weighted by Gasteiger charge is -2.39. The van der Waals surface area contributed by atoms with Crippen LogP contribution in [0.5, 0.6) is 0 Å². The largest absolute Gasteiger partial charge is 0.465 e. The van der Waals surface area contributed by atoms with Gasteiger partial charge in [0.2, 0.25) is 0 Å². The molecule has 0 spiro atoms. The molecular weight excluding hydrogens is 302 g/mol. The molecule has 1 aliphatic heterocycles. The van der Waals surface area contributed by atoms with E-state index in [1.54, 1.807) is 0 Å². The maximum atomic E-state index is 10.8. The molecule has 0 unspecified atom stereocenters. The molecule has 5 nitrogen and oxygen atoms in total. The second-order valence-electron chi connectivity index (χ2n) is 7.22. The van der Waals surface area contributed by atoms with E-state index < -0.39 is 6.09 Å². The van der Waals surface area contributed by atoms with Gasteiger partial charge in [-0.05, 0) is 44.6 Å². The van der Waals surface area contributed by atoms with Gasteiger partial charge in [-0.3, -0.25) is 4.90 Å². The normalized spacial score (nSPS) is 30.7. The number of hydrogen-bond donors (Lipinski definition) is 2. The quantitative estimate of drug-likeness (QED) is 0.894. The summed E-state index contributed by atoms with van der Waals surface area (Å²) in [7, 11) is 0. The number of aryl methyl sites for hydroxylation is 1. The van der Waals surface area contributed by atoms with E-state index in [4.69, 9.17) is 5.11 Å². The highest BCUT2D eigenvalue weighted by Gasteiger charge is 2.40. The Bertz CT molecular complexity index is 644. The first-order chi connectivity index (χ1) is 11.5. The van der Waals surface area contributed by atoms with Crippen molar-refractivity contribution in [2.24, 2.45) is 0 Å². The molecular formula is C19H25N3O2. The molecule has 0 aromatic heterocycles. The van der Waals surface area contributed by atoms with Crippen LogP contribution in [-0.2, 0) is 5.41 Å². The van der Waals surface area contributed by atoms with E-state index in [0.29, 0.717) is 6.04 Å². The third-order valence-corrected chi connectivity index (χ3v) is 5.66. The third kappa shape index (κ3) is 3.39. The van der Waals surface area contributed by atoms with E-state index in [9.17, 15) is 10.1 Å². The number of amides is 1. The fraction of sp³-hybridized carbons (Fsp3) is 0.579. The predicted octanol–water partition coefficient (Wildman–Crippen LogP) is 3.04. The summed E-state index contributed by atoms with van der Waals surface area (Å²) in [6, 6.07) is 11.4. The molecule has 1 atom stereocenters. The lowest BCUT2D eigenvalue weighted by molar-refractivity contribution is 0.160. The Hall–Kier alpha value is -2.06. The number of nitriles is 1. The highest BCUT2D eigenvalue weighted by atomic mass is 16.4. The Morgan fingerprint density at radius 2 is 2.12 bits per heavy atom. The van der Waals surface area contributed by atoms with Gasteiger partial charge in [-0.1, -0.05) is 29.8 Å². The van der Waals surface area contributed by atoms with Gasteiger partial charge < -0.3 is 10.4 Å². The average molecular weight is 327 g/mol. The maximum Gasteiger partial charge on any atom is 0.404 e. The number of rotatable bonds is 3. The molecule has 5 heteroatoms. The molecule has 1 saturated carbocycles. The second-order valence-corrected chi connectivity index (χ2v) is 7.22. The number of nitrogens with one attached hydrogen (secondary N) is 1. The molecule has 24 heavy (non-hydrogen) atoms. The zero-order valence-corrected chi connectivity index (χ0v) is 14.2. The van der Waals surface area contributed by atoms with E-state index >= 15 is 0 Å². The van der Waals surface area contributed by atoms with E-state index in [0.717, 1.165) is 50.8 Å². The SMILES string of the molecule is Cc1cccc(C2(C#N)CCC(N3CC[C@H](NC(=O)O)C3)CC2)c1. The summed E-state index contributed by atoms with van der Waals surface area (Å²) in [5.74, 6) is 0. The van der Waals surface area contributed by atoms with Crippen molar-refractivity contribution in [3.63, 3.8) is 0 Å². The molecule has 1 amide bonds. The Kier molecular flexibility index (Phi) is 4.77. The average Bonchev–Trinajstić information content (AvgIpc) is 3.02. The number of carboxylic acid groups (broad SMARTS) is 1. The molecule has 2 aliphatic rings. The summed E-state index contributed by atoms with van der Waals surface area (Å²) in [5, 5.41) is 21.3. The minimum absolute atomic E-state index is 0.0434. The van der Waals surface area contributed by atoms with Crippen molar-refractivity contribution in [1.29, 1.82) is 5.26 Å². The second kappa shape index (κ2) is 6.82. The van der Waals surface area contributed by atoms with Gasteiger partial charge in [0, 0.05) is 25.2 Å². The molecule has 0 radical (unpaired) electrons. The lowest BCUT2D eigenvalue weighted by atomic mass is 9.69. The number of nitrogens with zero attached hydrogens (tertiary/aromatic N) is 2. The summed E-state index contributed by atoms with van der Waals surface area (Å²) >= 11 is 0. The highest BCUT2D eigenvalue weighted by Crippen LogP contribution is 2.41. The molecule has 1 aromatic carbocycles. The summed E-state index contributed by atoms with van der Waals surface area (Å²) in [6.07, 6.45) is 3.71. The lowest BCUT2D eigenvalue weighted by Crippen LogP contribution is -2.43. The summed E-state index contributed by atoms with van der Waals surface area (Å²) in [6.45, 7) is 3.81. The van der Waals surface area contributed by atoms with Crippen molar-refractivity contribution in [3.8, 4) is 6.07 Å². The van der Waals surface area contributed by atoms with Gasteiger partial charge in [0.1, 0.15) is 0 Å². The summed E-state index contributed by atoms with van der Waals surface area (Å²) < 4.78 is 0. The van der Waals surface area contributed by atoms with Gasteiger partial charge in [0.25, 0.3) is 0 Å². The Balaban J connectivity index is 1.63.